The fourth-order valence-corrected chi connectivity index (χ4v) is 4.93. The minimum atomic E-state index is -0.0587. The summed E-state index contributed by atoms with van der Waals surface area (Å²) in [5.41, 5.74) is 6.87. The lowest BCUT2D eigenvalue weighted by Crippen LogP contribution is -2.23. The van der Waals surface area contributed by atoms with Crippen LogP contribution in [0.25, 0.3) is 33.2 Å². The molecule has 0 bridgehead atoms. The zero-order valence-corrected chi connectivity index (χ0v) is 20.2. The van der Waals surface area contributed by atoms with Crippen LogP contribution in [-0.4, -0.2) is 18.8 Å². The highest BCUT2D eigenvalue weighted by atomic mass is 16.5. The molecule has 36 heavy (non-hydrogen) atoms. The van der Waals surface area contributed by atoms with Crippen LogP contribution in [0.1, 0.15) is 11.1 Å². The summed E-state index contributed by atoms with van der Waals surface area (Å²) in [6.07, 6.45) is 0. The Balaban J connectivity index is 1.69. The third-order valence-electron chi connectivity index (χ3n) is 6.84. The van der Waals surface area contributed by atoms with Gasteiger partial charge in [-0.25, -0.2) is 0 Å². The number of hydrogen-bond acceptors (Lipinski definition) is 4. The van der Waals surface area contributed by atoms with Gasteiger partial charge in [0.15, 0.2) is 5.75 Å². The van der Waals surface area contributed by atoms with Gasteiger partial charge < -0.3 is 18.8 Å². The molecule has 1 aromatic heterocycles. The van der Waals surface area contributed by atoms with Gasteiger partial charge in [-0.3, -0.25) is 4.79 Å². The van der Waals surface area contributed by atoms with Crippen molar-refractivity contribution in [2.24, 2.45) is 0 Å². The first kappa shape index (κ1) is 22.0. The standard InChI is InChI=1S/C31H25NO4/c1-34-24-11-7-20(8-12-24)27-17-28(21-9-13-25(35-2)14-10-21)31-30-26(27)15-16-29(33)32(30)18-22-5-3-4-6-23(22)19-36-31/h3-17H,18-19H2,1-2H3. The molecule has 6 rings (SSSR count). The molecule has 2 heterocycles. The smallest absolute Gasteiger partial charge is 0.251 e. The van der Waals surface area contributed by atoms with Crippen LogP contribution in [0.3, 0.4) is 0 Å². The molecule has 5 aromatic rings. The quantitative estimate of drug-likeness (QED) is 0.306. The molecule has 5 heteroatoms. The van der Waals surface area contributed by atoms with Crippen molar-refractivity contribution in [3.63, 3.8) is 0 Å². The van der Waals surface area contributed by atoms with E-state index < -0.39 is 0 Å². The van der Waals surface area contributed by atoms with Crippen LogP contribution in [0, 0.1) is 0 Å². The van der Waals surface area contributed by atoms with Crippen molar-refractivity contribution < 1.29 is 14.2 Å². The van der Waals surface area contributed by atoms with Crippen molar-refractivity contribution in [1.82, 2.24) is 4.57 Å². The number of benzene rings is 4. The van der Waals surface area contributed by atoms with Crippen LogP contribution in [-0.2, 0) is 13.2 Å². The number of hydrogen-bond donors (Lipinski definition) is 0. The first-order valence-corrected chi connectivity index (χ1v) is 11.9. The van der Waals surface area contributed by atoms with Gasteiger partial charge in [-0.1, -0.05) is 48.5 Å². The highest BCUT2D eigenvalue weighted by Gasteiger charge is 2.22. The molecule has 0 fully saturated rings. The summed E-state index contributed by atoms with van der Waals surface area (Å²) in [5, 5.41) is 0.964. The Morgan fingerprint density at radius 2 is 1.33 bits per heavy atom. The highest BCUT2D eigenvalue weighted by Crippen LogP contribution is 2.44. The first-order chi connectivity index (χ1) is 17.7. The van der Waals surface area contributed by atoms with E-state index in [1.54, 1.807) is 20.3 Å². The molecule has 4 aromatic carbocycles. The van der Waals surface area contributed by atoms with E-state index >= 15 is 0 Å². The number of ether oxygens (including phenoxy) is 3. The SMILES string of the molecule is COc1ccc(-c2cc(-c3ccc(OC)cc3)c3ccc(=O)n4c3c2OCc2ccccc2C4)cc1. The highest BCUT2D eigenvalue weighted by molar-refractivity contribution is 6.03. The number of nitrogens with zero attached hydrogens (tertiary/aromatic N) is 1. The molecule has 1 aliphatic heterocycles. The van der Waals surface area contributed by atoms with Gasteiger partial charge in [-0.15, -0.1) is 0 Å². The summed E-state index contributed by atoms with van der Waals surface area (Å²) in [4.78, 5) is 13.3. The Morgan fingerprint density at radius 3 is 1.97 bits per heavy atom. The molecular formula is C31H25NO4. The number of fused-ring (bicyclic) bond motifs is 1. The maximum Gasteiger partial charge on any atom is 0.251 e. The molecule has 0 aliphatic carbocycles. The molecule has 0 atom stereocenters. The van der Waals surface area contributed by atoms with Crippen molar-refractivity contribution in [2.45, 2.75) is 13.2 Å². The molecule has 0 amide bonds. The van der Waals surface area contributed by atoms with Gasteiger partial charge in [-0.2, -0.15) is 0 Å². The summed E-state index contributed by atoms with van der Waals surface area (Å²) < 4.78 is 19.1. The molecule has 0 radical (unpaired) electrons. The molecule has 0 saturated heterocycles. The van der Waals surface area contributed by atoms with Crippen LogP contribution in [0.2, 0.25) is 0 Å². The normalized spacial score (nSPS) is 12.3. The lowest BCUT2D eigenvalue weighted by molar-refractivity contribution is 0.305. The van der Waals surface area contributed by atoms with Gasteiger partial charge in [0, 0.05) is 17.0 Å². The van der Waals surface area contributed by atoms with Crippen LogP contribution in [0.15, 0.2) is 95.8 Å². The molecule has 0 spiro atoms. The maximum atomic E-state index is 13.3. The number of methoxy groups -OCH3 is 2. The zero-order valence-electron chi connectivity index (χ0n) is 20.2. The Morgan fingerprint density at radius 1 is 0.722 bits per heavy atom. The van der Waals surface area contributed by atoms with E-state index in [4.69, 9.17) is 14.2 Å². The van der Waals surface area contributed by atoms with Gasteiger partial charge in [0.25, 0.3) is 5.56 Å². The molecular weight excluding hydrogens is 450 g/mol. The van der Waals surface area contributed by atoms with Crippen molar-refractivity contribution in [2.75, 3.05) is 14.2 Å². The van der Waals surface area contributed by atoms with Crippen LogP contribution >= 0.6 is 0 Å². The van der Waals surface area contributed by atoms with E-state index in [1.807, 2.05) is 71.3 Å². The second kappa shape index (κ2) is 8.93. The Hall–Kier alpha value is -4.51. The van der Waals surface area contributed by atoms with Crippen LogP contribution < -0.4 is 19.8 Å². The Bertz CT molecular complexity index is 1630. The van der Waals surface area contributed by atoms with Gasteiger partial charge in [-0.05, 0) is 64.2 Å². The zero-order chi connectivity index (χ0) is 24.6. The van der Waals surface area contributed by atoms with Gasteiger partial charge in [0.2, 0.25) is 0 Å². The summed E-state index contributed by atoms with van der Waals surface area (Å²) in [5.74, 6) is 2.28. The molecule has 5 nitrogen and oxygen atoms in total. The lowest BCUT2D eigenvalue weighted by Gasteiger charge is -2.24. The second-order valence-corrected chi connectivity index (χ2v) is 8.84. The molecule has 0 saturated carbocycles. The predicted octanol–water partition coefficient (Wildman–Crippen LogP) is 6.29. The summed E-state index contributed by atoms with van der Waals surface area (Å²) in [7, 11) is 3.32. The Labute approximate surface area is 209 Å². The minimum Gasteiger partial charge on any atom is -0.497 e. The number of rotatable bonds is 4. The lowest BCUT2D eigenvalue weighted by atomic mass is 9.93. The van der Waals surface area contributed by atoms with E-state index in [9.17, 15) is 4.79 Å². The summed E-state index contributed by atoms with van der Waals surface area (Å²) >= 11 is 0. The van der Waals surface area contributed by atoms with Crippen LogP contribution in [0.4, 0.5) is 0 Å². The van der Waals surface area contributed by atoms with E-state index in [1.165, 1.54) is 0 Å². The van der Waals surface area contributed by atoms with Gasteiger partial charge in [0.05, 0.1) is 26.3 Å². The fraction of sp³-hybridized carbons (Fsp3) is 0.129. The average Bonchev–Trinajstić information content (AvgIpc) is 2.92. The second-order valence-electron chi connectivity index (χ2n) is 8.84. The van der Waals surface area contributed by atoms with Crippen LogP contribution in [0.5, 0.6) is 17.2 Å². The molecule has 0 N–H and O–H groups in total. The molecule has 178 valence electrons. The largest absolute Gasteiger partial charge is 0.497 e. The summed E-state index contributed by atoms with van der Waals surface area (Å²) in [6, 6.07) is 29.8. The topological polar surface area (TPSA) is 49.7 Å². The maximum absolute atomic E-state index is 13.3. The summed E-state index contributed by atoms with van der Waals surface area (Å²) in [6.45, 7) is 0.913. The third kappa shape index (κ3) is 3.69. The molecule has 1 aliphatic rings. The van der Waals surface area contributed by atoms with E-state index in [0.29, 0.717) is 18.9 Å². The average molecular weight is 476 g/mol. The number of aromatic nitrogens is 1. The third-order valence-corrected chi connectivity index (χ3v) is 6.84. The van der Waals surface area contributed by atoms with Gasteiger partial charge in [0.1, 0.15) is 18.1 Å². The van der Waals surface area contributed by atoms with Crippen molar-refractivity contribution >= 4 is 10.9 Å². The van der Waals surface area contributed by atoms with Crippen molar-refractivity contribution in [3.05, 3.63) is 112 Å². The predicted molar refractivity (Wildman–Crippen MR) is 142 cm³/mol. The number of pyridine rings is 1. The van der Waals surface area contributed by atoms with Crippen molar-refractivity contribution in [1.29, 1.82) is 0 Å². The van der Waals surface area contributed by atoms with Gasteiger partial charge >= 0.3 is 0 Å². The van der Waals surface area contributed by atoms with E-state index in [2.05, 4.69) is 18.2 Å². The first-order valence-electron chi connectivity index (χ1n) is 11.9. The molecule has 0 unspecified atom stereocenters. The minimum absolute atomic E-state index is 0.0587. The monoisotopic (exact) mass is 475 g/mol. The fourth-order valence-electron chi connectivity index (χ4n) is 4.93. The van der Waals surface area contributed by atoms with Crippen molar-refractivity contribution in [3.8, 4) is 39.5 Å². The Kier molecular flexibility index (Phi) is 5.45. The van der Waals surface area contributed by atoms with E-state index in [0.717, 1.165) is 55.8 Å². The van der Waals surface area contributed by atoms with E-state index in [-0.39, 0.29) is 5.56 Å².